The van der Waals surface area contributed by atoms with Gasteiger partial charge in [-0.05, 0) is 18.9 Å². The van der Waals surface area contributed by atoms with Gasteiger partial charge in [0.05, 0.1) is 0 Å². The van der Waals surface area contributed by atoms with Crippen LogP contribution < -0.4 is 0 Å². The number of hydrogen-bond acceptors (Lipinski definition) is 4. The number of carbonyl (C=O) groups is 1. The summed E-state index contributed by atoms with van der Waals surface area (Å²) in [6.07, 6.45) is -0.00840. The van der Waals surface area contributed by atoms with E-state index in [1.54, 1.807) is 11.2 Å². The third-order valence-corrected chi connectivity index (χ3v) is 4.11. The van der Waals surface area contributed by atoms with Gasteiger partial charge in [0.2, 0.25) is 5.91 Å². The Morgan fingerprint density at radius 3 is 2.83 bits per heavy atom. The summed E-state index contributed by atoms with van der Waals surface area (Å²) in [7, 11) is 1.85. The number of halogens is 3. The van der Waals surface area contributed by atoms with E-state index in [1.165, 1.54) is 6.20 Å². The second kappa shape index (κ2) is 6.25. The van der Waals surface area contributed by atoms with Crippen LogP contribution in [0.2, 0.25) is 0 Å². The molecule has 1 atom stereocenters. The number of aromatic nitrogens is 5. The summed E-state index contributed by atoms with van der Waals surface area (Å²) in [5, 5.41) is 11.3. The molecule has 2 aromatic heterocycles. The Morgan fingerprint density at radius 2 is 2.21 bits per heavy atom. The van der Waals surface area contributed by atoms with E-state index in [1.807, 2.05) is 11.6 Å². The van der Waals surface area contributed by atoms with Crippen LogP contribution in [0.15, 0.2) is 18.6 Å². The van der Waals surface area contributed by atoms with Gasteiger partial charge in [0, 0.05) is 32.3 Å². The van der Waals surface area contributed by atoms with Gasteiger partial charge < -0.3 is 9.47 Å². The maximum Gasteiger partial charge on any atom is 0.435 e. The van der Waals surface area contributed by atoms with Crippen LogP contribution in [0, 0.1) is 0 Å². The monoisotopic (exact) mass is 342 g/mol. The fourth-order valence-electron chi connectivity index (χ4n) is 2.92. The Kier molecular flexibility index (Phi) is 4.29. The standard InChI is InChI=1S/C14H17F3N6O/c1-21-9-18-19-13(21)10-3-2-5-22(7-10)12(24)8-23-6-4-11(20-23)14(15,16)17/h4,6,9-10H,2-3,5,7-8H2,1H3/t10-/m0/s1. The summed E-state index contributed by atoms with van der Waals surface area (Å²) in [5.74, 6) is 0.642. The molecule has 1 fully saturated rings. The lowest BCUT2D eigenvalue weighted by molar-refractivity contribution is -0.142. The van der Waals surface area contributed by atoms with Gasteiger partial charge in [-0.15, -0.1) is 10.2 Å². The first kappa shape index (κ1) is 16.5. The highest BCUT2D eigenvalue weighted by atomic mass is 19.4. The zero-order chi connectivity index (χ0) is 17.3. The second-order valence-corrected chi connectivity index (χ2v) is 5.88. The van der Waals surface area contributed by atoms with Gasteiger partial charge in [0.25, 0.3) is 0 Å². The minimum Gasteiger partial charge on any atom is -0.340 e. The van der Waals surface area contributed by atoms with Gasteiger partial charge in [0.1, 0.15) is 18.7 Å². The van der Waals surface area contributed by atoms with E-state index in [-0.39, 0.29) is 18.4 Å². The van der Waals surface area contributed by atoms with E-state index in [2.05, 4.69) is 15.3 Å². The summed E-state index contributed by atoms with van der Waals surface area (Å²) in [6.45, 7) is 0.862. The van der Waals surface area contributed by atoms with E-state index in [9.17, 15) is 18.0 Å². The molecule has 1 saturated heterocycles. The smallest absolute Gasteiger partial charge is 0.340 e. The molecule has 0 N–H and O–H groups in total. The summed E-state index contributed by atoms with van der Waals surface area (Å²) in [4.78, 5) is 14.0. The summed E-state index contributed by atoms with van der Waals surface area (Å²) < 4.78 is 40.5. The predicted octanol–water partition coefficient (Wildman–Crippen LogP) is 1.44. The number of alkyl halides is 3. The highest BCUT2D eigenvalue weighted by molar-refractivity contribution is 5.76. The van der Waals surface area contributed by atoms with Crippen LogP contribution >= 0.6 is 0 Å². The SMILES string of the molecule is Cn1cnnc1[C@H]1CCCN(C(=O)Cn2ccc(C(F)(F)F)n2)C1. The molecule has 10 heteroatoms. The summed E-state index contributed by atoms with van der Waals surface area (Å²) in [6, 6.07) is 0.867. The van der Waals surface area contributed by atoms with Crippen LogP contribution in [-0.4, -0.2) is 48.4 Å². The number of hydrogen-bond donors (Lipinski definition) is 0. The summed E-state index contributed by atoms with van der Waals surface area (Å²) >= 11 is 0. The molecule has 0 aromatic carbocycles. The normalized spacial score (nSPS) is 18.8. The zero-order valence-corrected chi connectivity index (χ0v) is 13.1. The number of amides is 1. The number of likely N-dealkylation sites (tertiary alicyclic amines) is 1. The van der Waals surface area contributed by atoms with Crippen LogP contribution in [-0.2, 0) is 24.6 Å². The van der Waals surface area contributed by atoms with Gasteiger partial charge in [-0.2, -0.15) is 18.3 Å². The summed E-state index contributed by atoms with van der Waals surface area (Å²) in [5.41, 5.74) is -0.995. The third kappa shape index (κ3) is 3.41. The molecule has 0 bridgehead atoms. The first-order valence-electron chi connectivity index (χ1n) is 7.57. The quantitative estimate of drug-likeness (QED) is 0.846. The lowest BCUT2D eigenvalue weighted by Crippen LogP contribution is -2.41. The predicted molar refractivity (Wildman–Crippen MR) is 76.8 cm³/mol. The fourth-order valence-corrected chi connectivity index (χ4v) is 2.92. The molecule has 1 aliphatic heterocycles. The van der Waals surface area contributed by atoms with Crippen LogP contribution in [0.4, 0.5) is 13.2 Å². The molecule has 0 saturated carbocycles. The largest absolute Gasteiger partial charge is 0.435 e. The van der Waals surface area contributed by atoms with Crippen LogP contribution in [0.25, 0.3) is 0 Å². The zero-order valence-electron chi connectivity index (χ0n) is 13.1. The van der Waals surface area contributed by atoms with Gasteiger partial charge in [-0.1, -0.05) is 0 Å². The number of nitrogens with zero attached hydrogens (tertiary/aromatic N) is 6. The molecule has 0 radical (unpaired) electrons. The molecular weight excluding hydrogens is 325 g/mol. The molecular formula is C14H17F3N6O. The van der Waals surface area contributed by atoms with Crippen molar-refractivity contribution in [2.45, 2.75) is 31.5 Å². The Labute approximate surface area is 136 Å². The molecule has 2 aromatic rings. The van der Waals surface area contributed by atoms with Gasteiger partial charge >= 0.3 is 6.18 Å². The number of aryl methyl sites for hydroxylation is 1. The third-order valence-electron chi connectivity index (χ3n) is 4.11. The van der Waals surface area contributed by atoms with E-state index in [0.717, 1.165) is 29.4 Å². The van der Waals surface area contributed by atoms with Crippen molar-refractivity contribution in [1.29, 1.82) is 0 Å². The molecule has 3 heterocycles. The van der Waals surface area contributed by atoms with Crippen LogP contribution in [0.3, 0.4) is 0 Å². The van der Waals surface area contributed by atoms with Gasteiger partial charge in [-0.25, -0.2) is 0 Å². The van der Waals surface area contributed by atoms with Gasteiger partial charge in [-0.3, -0.25) is 9.48 Å². The topological polar surface area (TPSA) is 68.8 Å². The molecule has 0 unspecified atom stereocenters. The Bertz CT molecular complexity index is 722. The van der Waals surface area contributed by atoms with Crippen molar-refractivity contribution in [2.24, 2.45) is 7.05 Å². The van der Waals surface area contributed by atoms with E-state index >= 15 is 0 Å². The van der Waals surface area contributed by atoms with Crippen molar-refractivity contribution < 1.29 is 18.0 Å². The van der Waals surface area contributed by atoms with Crippen molar-refractivity contribution >= 4 is 5.91 Å². The molecule has 7 nitrogen and oxygen atoms in total. The minimum absolute atomic E-state index is 0.0820. The lowest BCUT2D eigenvalue weighted by Gasteiger charge is -2.32. The molecule has 1 aliphatic rings. The minimum atomic E-state index is -4.50. The van der Waals surface area contributed by atoms with Crippen LogP contribution in [0.5, 0.6) is 0 Å². The molecule has 0 aliphatic carbocycles. The van der Waals surface area contributed by atoms with Crippen molar-refractivity contribution in [1.82, 2.24) is 29.4 Å². The molecule has 24 heavy (non-hydrogen) atoms. The first-order valence-corrected chi connectivity index (χ1v) is 7.57. The number of rotatable bonds is 3. The lowest BCUT2D eigenvalue weighted by atomic mass is 9.97. The average Bonchev–Trinajstić information content (AvgIpc) is 3.16. The average molecular weight is 342 g/mol. The molecule has 130 valence electrons. The van der Waals surface area contributed by atoms with Crippen molar-refractivity contribution in [3.63, 3.8) is 0 Å². The Hall–Kier alpha value is -2.39. The van der Waals surface area contributed by atoms with Crippen molar-refractivity contribution in [2.75, 3.05) is 13.1 Å². The van der Waals surface area contributed by atoms with E-state index < -0.39 is 11.9 Å². The Morgan fingerprint density at radius 1 is 1.42 bits per heavy atom. The van der Waals surface area contributed by atoms with E-state index in [0.29, 0.717) is 13.1 Å². The number of carbonyl (C=O) groups excluding carboxylic acids is 1. The van der Waals surface area contributed by atoms with Crippen molar-refractivity contribution in [3.05, 3.63) is 30.1 Å². The first-order chi connectivity index (χ1) is 11.3. The Balaban J connectivity index is 1.64. The highest BCUT2D eigenvalue weighted by Gasteiger charge is 2.34. The van der Waals surface area contributed by atoms with Gasteiger partial charge in [0.15, 0.2) is 5.69 Å². The van der Waals surface area contributed by atoms with E-state index in [4.69, 9.17) is 0 Å². The highest BCUT2D eigenvalue weighted by Crippen LogP contribution is 2.27. The molecule has 3 rings (SSSR count). The molecule has 1 amide bonds. The maximum atomic E-state index is 12.6. The second-order valence-electron chi connectivity index (χ2n) is 5.88. The fraction of sp³-hybridized carbons (Fsp3) is 0.571. The molecule has 0 spiro atoms. The number of piperidine rings is 1. The van der Waals surface area contributed by atoms with Crippen molar-refractivity contribution in [3.8, 4) is 0 Å². The van der Waals surface area contributed by atoms with Crippen LogP contribution in [0.1, 0.15) is 30.3 Å². The maximum absolute atomic E-state index is 12.6.